The molecule has 3 aromatic rings. The van der Waals surface area contributed by atoms with Crippen molar-refractivity contribution in [2.24, 2.45) is 0 Å². The first-order chi connectivity index (χ1) is 12.1. The Hall–Kier alpha value is -2.11. The molecule has 0 radical (unpaired) electrons. The molecule has 2 aromatic heterocycles. The van der Waals surface area contributed by atoms with Crippen LogP contribution in [0.5, 0.6) is 0 Å². The summed E-state index contributed by atoms with van der Waals surface area (Å²) in [6.45, 7) is 8.77. The maximum absolute atomic E-state index is 5.21. The molecule has 3 rings (SSSR count). The average Bonchev–Trinajstić information content (AvgIpc) is 3.18. The number of hydrogen-bond acceptors (Lipinski definition) is 4. The van der Waals surface area contributed by atoms with Gasteiger partial charge in [0.15, 0.2) is 5.13 Å². The van der Waals surface area contributed by atoms with E-state index in [1.807, 2.05) is 0 Å². The van der Waals surface area contributed by atoms with Crippen molar-refractivity contribution in [3.63, 3.8) is 0 Å². The van der Waals surface area contributed by atoms with Crippen LogP contribution in [-0.2, 0) is 17.8 Å². The molecule has 0 unspecified atom stereocenters. The van der Waals surface area contributed by atoms with Crippen molar-refractivity contribution >= 4 is 16.5 Å². The molecule has 0 fully saturated rings. The smallest absolute Gasteiger partial charge is 0.183 e. The molecule has 0 bridgehead atoms. The van der Waals surface area contributed by atoms with Crippen LogP contribution in [-0.4, -0.2) is 23.3 Å². The van der Waals surface area contributed by atoms with Gasteiger partial charge < -0.3 is 14.6 Å². The summed E-state index contributed by atoms with van der Waals surface area (Å²) in [5, 5.41) is 6.51. The number of benzene rings is 1. The van der Waals surface area contributed by atoms with Gasteiger partial charge in [0.25, 0.3) is 0 Å². The number of methoxy groups -OCH3 is 1. The zero-order chi connectivity index (χ0) is 17.8. The lowest BCUT2D eigenvalue weighted by Gasteiger charge is -2.08. The summed E-state index contributed by atoms with van der Waals surface area (Å²) in [7, 11) is 1.74. The molecule has 0 amide bonds. The lowest BCUT2D eigenvalue weighted by atomic mass is 10.1. The number of thiazole rings is 1. The number of hydrogen-bond donors (Lipinski definition) is 1. The van der Waals surface area contributed by atoms with Crippen LogP contribution in [0.3, 0.4) is 0 Å². The molecule has 0 saturated heterocycles. The van der Waals surface area contributed by atoms with Crippen LogP contribution in [0.4, 0.5) is 5.13 Å². The van der Waals surface area contributed by atoms with Crippen molar-refractivity contribution in [1.29, 1.82) is 0 Å². The number of nitrogens with zero attached hydrogens (tertiary/aromatic N) is 2. The predicted molar refractivity (Wildman–Crippen MR) is 105 cm³/mol. The second-order valence-electron chi connectivity index (χ2n) is 6.31. The zero-order valence-corrected chi connectivity index (χ0v) is 16.1. The fraction of sp³-hybridized carbons (Fsp3) is 0.350. The van der Waals surface area contributed by atoms with Crippen LogP contribution in [0.2, 0.25) is 0 Å². The van der Waals surface area contributed by atoms with Crippen LogP contribution in [0.1, 0.15) is 22.5 Å². The Morgan fingerprint density at radius 3 is 2.64 bits per heavy atom. The first-order valence-corrected chi connectivity index (χ1v) is 9.37. The first-order valence-electron chi connectivity index (χ1n) is 8.49. The molecule has 0 aliphatic heterocycles. The van der Waals surface area contributed by atoms with E-state index in [0.717, 1.165) is 30.5 Å². The molecule has 0 spiro atoms. The number of rotatable bonds is 7. The maximum Gasteiger partial charge on any atom is 0.183 e. The van der Waals surface area contributed by atoms with E-state index in [0.29, 0.717) is 0 Å². The minimum Gasteiger partial charge on any atom is -0.383 e. The van der Waals surface area contributed by atoms with Gasteiger partial charge in [-0.3, -0.25) is 0 Å². The standard InChI is InChI=1S/C20H25N3OS/c1-14-5-7-17(8-6-14)12-21-20-22-19(13-25-20)18-11-15(2)23(16(18)3)9-10-24-4/h5-8,11,13H,9-10,12H2,1-4H3,(H,21,22). The van der Waals surface area contributed by atoms with Gasteiger partial charge in [-0.25, -0.2) is 4.98 Å². The zero-order valence-electron chi connectivity index (χ0n) is 15.3. The monoisotopic (exact) mass is 355 g/mol. The van der Waals surface area contributed by atoms with Crippen molar-refractivity contribution in [2.45, 2.75) is 33.9 Å². The summed E-state index contributed by atoms with van der Waals surface area (Å²) in [6.07, 6.45) is 0. The van der Waals surface area contributed by atoms with Crippen molar-refractivity contribution in [1.82, 2.24) is 9.55 Å². The Bertz CT molecular complexity index is 833. The van der Waals surface area contributed by atoms with Gasteiger partial charge in [-0.1, -0.05) is 29.8 Å². The average molecular weight is 356 g/mol. The molecule has 2 heterocycles. The Kier molecular flexibility index (Phi) is 5.56. The molecule has 0 aliphatic carbocycles. The Balaban J connectivity index is 1.72. The number of aromatic nitrogens is 2. The Labute approximate surface area is 153 Å². The summed E-state index contributed by atoms with van der Waals surface area (Å²) >= 11 is 1.65. The van der Waals surface area contributed by atoms with Crippen molar-refractivity contribution in [3.05, 3.63) is 58.2 Å². The van der Waals surface area contributed by atoms with Crippen molar-refractivity contribution in [2.75, 3.05) is 19.0 Å². The molecule has 25 heavy (non-hydrogen) atoms. The number of aryl methyl sites for hydroxylation is 2. The molecule has 1 aromatic carbocycles. The molecule has 132 valence electrons. The third kappa shape index (κ3) is 4.11. The topological polar surface area (TPSA) is 39.1 Å². The van der Waals surface area contributed by atoms with Gasteiger partial charge in [0.1, 0.15) is 0 Å². The Morgan fingerprint density at radius 2 is 1.92 bits per heavy atom. The van der Waals surface area contributed by atoms with Gasteiger partial charge in [0, 0.05) is 42.5 Å². The van der Waals surface area contributed by atoms with Crippen LogP contribution in [0.15, 0.2) is 35.7 Å². The third-order valence-electron chi connectivity index (χ3n) is 4.44. The molecular formula is C20H25N3OS. The summed E-state index contributed by atoms with van der Waals surface area (Å²) < 4.78 is 7.50. The van der Waals surface area contributed by atoms with E-state index < -0.39 is 0 Å². The summed E-state index contributed by atoms with van der Waals surface area (Å²) in [5.74, 6) is 0. The van der Waals surface area contributed by atoms with E-state index in [-0.39, 0.29) is 0 Å². The predicted octanol–water partition coefficient (Wildman–Crippen LogP) is 4.80. The molecule has 0 atom stereocenters. The first kappa shape index (κ1) is 17.7. The van der Waals surface area contributed by atoms with E-state index in [1.165, 1.54) is 28.1 Å². The van der Waals surface area contributed by atoms with Crippen LogP contribution in [0, 0.1) is 20.8 Å². The molecule has 0 saturated carbocycles. The number of anilines is 1. The third-order valence-corrected chi connectivity index (χ3v) is 5.24. The van der Waals surface area contributed by atoms with Gasteiger partial charge in [0.2, 0.25) is 0 Å². The maximum atomic E-state index is 5.21. The van der Waals surface area contributed by atoms with Crippen molar-refractivity contribution in [3.8, 4) is 11.3 Å². The molecule has 1 N–H and O–H groups in total. The van der Waals surface area contributed by atoms with E-state index in [4.69, 9.17) is 9.72 Å². The summed E-state index contributed by atoms with van der Waals surface area (Å²) in [5.41, 5.74) is 7.27. The van der Waals surface area contributed by atoms with E-state index in [1.54, 1.807) is 18.4 Å². The normalized spacial score (nSPS) is 11.0. The number of nitrogens with one attached hydrogen (secondary N) is 1. The Morgan fingerprint density at radius 1 is 1.16 bits per heavy atom. The molecule has 5 heteroatoms. The van der Waals surface area contributed by atoms with E-state index in [9.17, 15) is 0 Å². The van der Waals surface area contributed by atoms with Gasteiger partial charge in [-0.05, 0) is 32.4 Å². The fourth-order valence-electron chi connectivity index (χ4n) is 2.95. The van der Waals surface area contributed by atoms with Crippen LogP contribution < -0.4 is 5.32 Å². The molecular weight excluding hydrogens is 330 g/mol. The molecule has 4 nitrogen and oxygen atoms in total. The quantitative estimate of drug-likeness (QED) is 0.662. The highest BCUT2D eigenvalue weighted by molar-refractivity contribution is 7.14. The second-order valence-corrected chi connectivity index (χ2v) is 7.16. The van der Waals surface area contributed by atoms with Crippen LogP contribution in [0.25, 0.3) is 11.3 Å². The lowest BCUT2D eigenvalue weighted by molar-refractivity contribution is 0.186. The highest BCUT2D eigenvalue weighted by Gasteiger charge is 2.13. The lowest BCUT2D eigenvalue weighted by Crippen LogP contribution is -2.07. The minimum absolute atomic E-state index is 0.718. The highest BCUT2D eigenvalue weighted by atomic mass is 32.1. The van der Waals surface area contributed by atoms with Gasteiger partial charge in [-0.2, -0.15) is 0 Å². The second kappa shape index (κ2) is 7.85. The fourth-order valence-corrected chi connectivity index (χ4v) is 3.66. The highest BCUT2D eigenvalue weighted by Crippen LogP contribution is 2.30. The van der Waals surface area contributed by atoms with Gasteiger partial charge in [0.05, 0.1) is 12.3 Å². The van der Waals surface area contributed by atoms with Crippen LogP contribution >= 0.6 is 11.3 Å². The van der Waals surface area contributed by atoms with Crippen molar-refractivity contribution < 1.29 is 4.74 Å². The van der Waals surface area contributed by atoms with Gasteiger partial charge in [-0.15, -0.1) is 11.3 Å². The SMILES string of the molecule is COCCn1c(C)cc(-c2csc(NCc3ccc(C)cc3)n2)c1C. The summed E-state index contributed by atoms with van der Waals surface area (Å²) in [4.78, 5) is 4.77. The number of ether oxygens (including phenoxy) is 1. The largest absolute Gasteiger partial charge is 0.383 e. The van der Waals surface area contributed by atoms with E-state index >= 15 is 0 Å². The minimum atomic E-state index is 0.718. The van der Waals surface area contributed by atoms with Gasteiger partial charge >= 0.3 is 0 Å². The molecule has 0 aliphatic rings. The summed E-state index contributed by atoms with van der Waals surface area (Å²) in [6, 6.07) is 10.8. The van der Waals surface area contributed by atoms with E-state index in [2.05, 4.69) is 66.4 Å².